The maximum Gasteiger partial charge on any atom is 0.209 e. The Hall–Kier alpha value is -1.14. The molecule has 5 nitrogen and oxygen atoms in total. The van der Waals surface area contributed by atoms with Gasteiger partial charge in [0, 0.05) is 11.6 Å². The number of hydrogen-bond acceptors (Lipinski definition) is 4. The highest BCUT2D eigenvalue weighted by molar-refractivity contribution is 7.89. The lowest BCUT2D eigenvalue weighted by Crippen LogP contribution is -2.35. The Bertz CT molecular complexity index is 577. The van der Waals surface area contributed by atoms with Gasteiger partial charge in [0.1, 0.15) is 5.75 Å². The quantitative estimate of drug-likeness (QED) is 0.873. The van der Waals surface area contributed by atoms with Gasteiger partial charge in [-0.25, -0.2) is 13.6 Å². The third-order valence-corrected chi connectivity index (χ3v) is 4.37. The lowest BCUT2D eigenvalue weighted by atomic mass is 9.82. The monoisotopic (exact) mass is 314 g/mol. The first-order valence-corrected chi connectivity index (χ1v) is 8.84. The van der Waals surface area contributed by atoms with Crippen LogP contribution in [0.25, 0.3) is 0 Å². The summed E-state index contributed by atoms with van der Waals surface area (Å²) in [6.45, 7) is 10.2. The summed E-state index contributed by atoms with van der Waals surface area (Å²) in [4.78, 5) is 4.44. The van der Waals surface area contributed by atoms with Crippen LogP contribution >= 0.6 is 0 Å². The van der Waals surface area contributed by atoms with E-state index in [0.717, 1.165) is 17.8 Å². The van der Waals surface area contributed by atoms with Crippen LogP contribution in [0.3, 0.4) is 0 Å². The Labute approximate surface area is 128 Å². The van der Waals surface area contributed by atoms with Crippen LogP contribution in [0.2, 0.25) is 0 Å². The number of ether oxygens (including phenoxy) is 1. The van der Waals surface area contributed by atoms with Crippen LogP contribution in [0.4, 0.5) is 0 Å². The predicted octanol–water partition coefficient (Wildman–Crippen LogP) is 2.28. The number of primary sulfonamides is 1. The maximum atomic E-state index is 11.4. The van der Waals surface area contributed by atoms with E-state index in [0.29, 0.717) is 12.4 Å². The van der Waals surface area contributed by atoms with Crippen molar-refractivity contribution >= 4 is 10.0 Å². The van der Waals surface area contributed by atoms with Gasteiger partial charge < -0.3 is 4.74 Å². The van der Waals surface area contributed by atoms with Crippen molar-refractivity contribution in [2.24, 2.45) is 16.5 Å². The van der Waals surface area contributed by atoms with Crippen LogP contribution in [-0.2, 0) is 16.4 Å². The van der Waals surface area contributed by atoms with Gasteiger partial charge in [0.15, 0.2) is 0 Å². The van der Waals surface area contributed by atoms with Gasteiger partial charge in [-0.15, -0.1) is 0 Å². The molecule has 0 radical (unpaired) electrons. The molecule has 1 aromatic heterocycles. The summed E-state index contributed by atoms with van der Waals surface area (Å²) in [6.07, 6.45) is 0.770. The second-order valence-corrected chi connectivity index (χ2v) is 8.11. The number of pyridine rings is 1. The molecule has 1 rings (SSSR count). The Morgan fingerprint density at radius 3 is 2.43 bits per heavy atom. The Kier molecular flexibility index (Phi) is 5.75. The molecule has 120 valence electrons. The Morgan fingerprint density at radius 2 is 1.95 bits per heavy atom. The Morgan fingerprint density at radius 1 is 1.33 bits per heavy atom. The summed E-state index contributed by atoms with van der Waals surface area (Å²) in [5, 5.41) is 5.18. The van der Waals surface area contributed by atoms with E-state index in [2.05, 4.69) is 4.98 Å². The van der Waals surface area contributed by atoms with Crippen molar-refractivity contribution in [3.05, 3.63) is 23.5 Å². The zero-order valence-corrected chi connectivity index (χ0v) is 14.3. The second-order valence-electron chi connectivity index (χ2n) is 6.45. The number of aryl methyl sites for hydroxylation is 2. The molecule has 0 fully saturated rings. The van der Waals surface area contributed by atoms with E-state index in [4.69, 9.17) is 9.88 Å². The fourth-order valence-corrected chi connectivity index (χ4v) is 3.16. The lowest BCUT2D eigenvalue weighted by molar-refractivity contribution is 0.162. The van der Waals surface area contributed by atoms with Gasteiger partial charge in [0.25, 0.3) is 0 Å². The number of sulfonamides is 1. The lowest BCUT2D eigenvalue weighted by Gasteiger charge is -2.30. The van der Waals surface area contributed by atoms with Gasteiger partial charge in [-0.05, 0) is 30.9 Å². The molecule has 1 unspecified atom stereocenters. The summed E-state index contributed by atoms with van der Waals surface area (Å²) in [5.74, 6) is 0.447. The Balaban J connectivity index is 2.87. The minimum Gasteiger partial charge on any atom is -0.491 e. The van der Waals surface area contributed by atoms with Crippen LogP contribution in [0, 0.1) is 18.3 Å². The molecule has 0 saturated heterocycles. The average molecular weight is 314 g/mol. The van der Waals surface area contributed by atoms with Gasteiger partial charge in [0.05, 0.1) is 18.1 Å². The van der Waals surface area contributed by atoms with Crippen LogP contribution in [0.1, 0.15) is 39.1 Å². The van der Waals surface area contributed by atoms with Gasteiger partial charge >= 0.3 is 0 Å². The van der Waals surface area contributed by atoms with E-state index < -0.39 is 10.0 Å². The smallest absolute Gasteiger partial charge is 0.209 e. The third-order valence-electron chi connectivity index (χ3n) is 3.50. The molecule has 2 N–H and O–H groups in total. The molecule has 1 atom stereocenters. The predicted molar refractivity (Wildman–Crippen MR) is 84.8 cm³/mol. The summed E-state index contributed by atoms with van der Waals surface area (Å²) < 4.78 is 28.6. The first-order chi connectivity index (χ1) is 9.53. The van der Waals surface area contributed by atoms with Gasteiger partial charge in [0.2, 0.25) is 10.0 Å². The summed E-state index contributed by atoms with van der Waals surface area (Å²) in [6, 6.07) is 3.78. The van der Waals surface area contributed by atoms with Crippen LogP contribution < -0.4 is 9.88 Å². The normalized spacial score (nSPS) is 14.0. The maximum absolute atomic E-state index is 11.4. The number of aromatic nitrogens is 1. The minimum atomic E-state index is -3.53. The molecule has 0 saturated carbocycles. The summed E-state index contributed by atoms with van der Waals surface area (Å²) in [5.41, 5.74) is 1.62. The minimum absolute atomic E-state index is 0.0861. The average Bonchev–Trinajstić information content (AvgIpc) is 2.32. The molecule has 0 aliphatic carbocycles. The standard InChI is InChI=1S/C15H26N2O3S/c1-6-13-14(8-7-11(2)17-13)20-9-12(15(3,4)5)10-21(16,18)19/h7-8,12H,6,9-10H2,1-5H3,(H2,16,18,19). The molecular weight excluding hydrogens is 288 g/mol. The fourth-order valence-electron chi connectivity index (χ4n) is 2.00. The number of nitrogens with zero attached hydrogens (tertiary/aromatic N) is 1. The molecular formula is C15H26N2O3S. The van der Waals surface area contributed by atoms with Crippen molar-refractivity contribution in [3.8, 4) is 5.75 Å². The second kappa shape index (κ2) is 6.75. The molecule has 21 heavy (non-hydrogen) atoms. The van der Waals surface area contributed by atoms with Crippen LogP contribution in [-0.4, -0.2) is 25.8 Å². The molecule has 0 amide bonds. The molecule has 0 aliphatic rings. The highest BCUT2D eigenvalue weighted by atomic mass is 32.2. The summed E-state index contributed by atoms with van der Waals surface area (Å²) in [7, 11) is -3.53. The molecule has 0 aromatic carbocycles. The van der Waals surface area contributed by atoms with E-state index in [1.807, 2.05) is 46.8 Å². The fraction of sp³-hybridized carbons (Fsp3) is 0.667. The largest absolute Gasteiger partial charge is 0.491 e. The topological polar surface area (TPSA) is 82.3 Å². The molecule has 0 aliphatic heterocycles. The first kappa shape index (κ1) is 17.9. The van der Waals surface area contributed by atoms with Gasteiger partial charge in [-0.1, -0.05) is 27.7 Å². The molecule has 1 heterocycles. The SMILES string of the molecule is CCc1nc(C)ccc1OCC(CS(N)(=O)=O)C(C)(C)C. The van der Waals surface area contributed by atoms with E-state index in [1.165, 1.54) is 0 Å². The van der Waals surface area contributed by atoms with Crippen LogP contribution in [0.15, 0.2) is 12.1 Å². The number of nitrogens with two attached hydrogens (primary N) is 1. The number of rotatable bonds is 6. The third kappa shape index (κ3) is 6.01. The van der Waals surface area contributed by atoms with Crippen molar-refractivity contribution in [3.63, 3.8) is 0 Å². The summed E-state index contributed by atoms with van der Waals surface area (Å²) >= 11 is 0. The van der Waals surface area contributed by atoms with Crippen LogP contribution in [0.5, 0.6) is 5.75 Å². The molecule has 0 spiro atoms. The van der Waals surface area contributed by atoms with Crippen molar-refractivity contribution in [1.29, 1.82) is 0 Å². The van der Waals surface area contributed by atoms with Crippen molar-refractivity contribution in [2.45, 2.75) is 41.0 Å². The van der Waals surface area contributed by atoms with Gasteiger partial charge in [-0.2, -0.15) is 0 Å². The molecule has 6 heteroatoms. The van der Waals surface area contributed by atoms with E-state index in [-0.39, 0.29) is 17.1 Å². The van der Waals surface area contributed by atoms with E-state index >= 15 is 0 Å². The highest BCUT2D eigenvalue weighted by Gasteiger charge is 2.29. The zero-order chi connectivity index (χ0) is 16.3. The van der Waals surface area contributed by atoms with E-state index in [1.54, 1.807) is 0 Å². The number of hydrogen-bond donors (Lipinski definition) is 1. The first-order valence-electron chi connectivity index (χ1n) is 7.12. The van der Waals surface area contributed by atoms with Crippen molar-refractivity contribution < 1.29 is 13.2 Å². The van der Waals surface area contributed by atoms with Gasteiger partial charge in [-0.3, -0.25) is 4.98 Å². The van der Waals surface area contributed by atoms with E-state index in [9.17, 15) is 8.42 Å². The molecule has 1 aromatic rings. The highest BCUT2D eigenvalue weighted by Crippen LogP contribution is 2.28. The van der Waals surface area contributed by atoms with Crippen molar-refractivity contribution in [2.75, 3.05) is 12.4 Å². The zero-order valence-electron chi connectivity index (χ0n) is 13.5. The van der Waals surface area contributed by atoms with Crippen molar-refractivity contribution in [1.82, 2.24) is 4.98 Å². The molecule has 0 bridgehead atoms.